The second-order valence-electron chi connectivity index (χ2n) is 6.40. The van der Waals surface area contributed by atoms with E-state index in [1.165, 1.54) is 6.07 Å². The summed E-state index contributed by atoms with van der Waals surface area (Å²) in [7, 11) is 0. The second kappa shape index (κ2) is 6.44. The highest BCUT2D eigenvalue weighted by Gasteiger charge is 2.34. The number of carbonyl (C=O) groups excluding carboxylic acids is 1. The number of halogens is 2. The van der Waals surface area contributed by atoms with Crippen LogP contribution in [0, 0.1) is 5.82 Å². The first-order chi connectivity index (χ1) is 9.76. The molecular formula is C16H21BrFNO2. The lowest BCUT2D eigenvalue weighted by Crippen LogP contribution is -2.40. The minimum absolute atomic E-state index is 0.211. The van der Waals surface area contributed by atoms with Gasteiger partial charge in [-0.3, -0.25) is 9.69 Å². The average Bonchev–Trinajstić information content (AvgIpc) is 2.79. The number of nitrogens with zero attached hydrogens (tertiary/aromatic N) is 1. The average molecular weight is 358 g/mol. The molecule has 0 unspecified atom stereocenters. The van der Waals surface area contributed by atoms with Crippen LogP contribution in [0.15, 0.2) is 22.7 Å². The van der Waals surface area contributed by atoms with Crippen molar-refractivity contribution in [2.24, 2.45) is 0 Å². The van der Waals surface area contributed by atoms with Gasteiger partial charge in [0.1, 0.15) is 17.5 Å². The van der Waals surface area contributed by atoms with E-state index in [9.17, 15) is 9.18 Å². The monoisotopic (exact) mass is 357 g/mol. The normalized spacial score (nSPS) is 19.8. The van der Waals surface area contributed by atoms with Crippen molar-refractivity contribution < 1.29 is 13.9 Å². The first-order valence-corrected chi connectivity index (χ1v) is 7.96. The second-order valence-corrected chi connectivity index (χ2v) is 7.31. The third kappa shape index (κ3) is 4.51. The van der Waals surface area contributed by atoms with Gasteiger partial charge in [0, 0.05) is 16.6 Å². The Kier molecular flexibility index (Phi) is 5.04. The summed E-state index contributed by atoms with van der Waals surface area (Å²) in [6.07, 6.45) is 1.70. The van der Waals surface area contributed by atoms with Crippen molar-refractivity contribution in [2.75, 3.05) is 6.54 Å². The van der Waals surface area contributed by atoms with E-state index in [0.29, 0.717) is 16.6 Å². The van der Waals surface area contributed by atoms with Gasteiger partial charge in [0.2, 0.25) is 0 Å². The van der Waals surface area contributed by atoms with Crippen molar-refractivity contribution in [3.63, 3.8) is 0 Å². The minimum atomic E-state index is -0.492. The van der Waals surface area contributed by atoms with E-state index >= 15 is 0 Å². The molecule has 0 bridgehead atoms. The van der Waals surface area contributed by atoms with Crippen LogP contribution in [-0.2, 0) is 16.1 Å². The van der Waals surface area contributed by atoms with Gasteiger partial charge in [-0.2, -0.15) is 0 Å². The third-order valence-corrected chi connectivity index (χ3v) is 3.92. The van der Waals surface area contributed by atoms with E-state index in [1.807, 2.05) is 31.7 Å². The van der Waals surface area contributed by atoms with Gasteiger partial charge in [0.25, 0.3) is 0 Å². The highest BCUT2D eigenvalue weighted by atomic mass is 79.9. The van der Waals surface area contributed by atoms with Gasteiger partial charge < -0.3 is 4.74 Å². The first kappa shape index (κ1) is 16.4. The number of hydrogen-bond donors (Lipinski definition) is 0. The molecule has 1 aliphatic rings. The van der Waals surface area contributed by atoms with E-state index in [2.05, 4.69) is 15.9 Å². The van der Waals surface area contributed by atoms with Crippen LogP contribution in [0.1, 0.15) is 39.2 Å². The first-order valence-electron chi connectivity index (χ1n) is 7.17. The molecule has 1 fully saturated rings. The quantitative estimate of drug-likeness (QED) is 0.768. The summed E-state index contributed by atoms with van der Waals surface area (Å²) < 4.78 is 20.1. The van der Waals surface area contributed by atoms with Crippen LogP contribution in [0.25, 0.3) is 0 Å². The lowest BCUT2D eigenvalue weighted by Gasteiger charge is -2.27. The zero-order chi connectivity index (χ0) is 15.6. The smallest absolute Gasteiger partial charge is 0.323 e. The zero-order valence-corrected chi connectivity index (χ0v) is 14.2. The molecule has 0 radical (unpaired) electrons. The minimum Gasteiger partial charge on any atom is -0.459 e. The Labute approximate surface area is 133 Å². The van der Waals surface area contributed by atoms with E-state index in [-0.39, 0.29) is 17.8 Å². The highest BCUT2D eigenvalue weighted by molar-refractivity contribution is 9.10. The predicted octanol–water partition coefficient (Wildman–Crippen LogP) is 3.89. The van der Waals surface area contributed by atoms with Gasteiger partial charge in [-0.25, -0.2) is 4.39 Å². The van der Waals surface area contributed by atoms with Gasteiger partial charge in [0.05, 0.1) is 0 Å². The molecule has 21 heavy (non-hydrogen) atoms. The van der Waals surface area contributed by atoms with Crippen LogP contribution in [-0.4, -0.2) is 29.1 Å². The van der Waals surface area contributed by atoms with Crippen molar-refractivity contribution in [1.82, 2.24) is 4.90 Å². The Morgan fingerprint density at radius 1 is 1.48 bits per heavy atom. The van der Waals surface area contributed by atoms with Crippen molar-refractivity contribution in [1.29, 1.82) is 0 Å². The molecule has 0 aromatic heterocycles. The Morgan fingerprint density at radius 2 is 2.19 bits per heavy atom. The molecule has 1 aliphatic heterocycles. The van der Waals surface area contributed by atoms with Gasteiger partial charge >= 0.3 is 5.97 Å². The molecule has 5 heteroatoms. The van der Waals surface area contributed by atoms with Gasteiger partial charge in [0.15, 0.2) is 0 Å². The lowest BCUT2D eigenvalue weighted by atomic mass is 10.1. The van der Waals surface area contributed by atoms with E-state index in [1.54, 1.807) is 6.07 Å². The lowest BCUT2D eigenvalue weighted by molar-refractivity contribution is -0.160. The number of carbonyl (C=O) groups is 1. The van der Waals surface area contributed by atoms with Crippen molar-refractivity contribution in [3.8, 4) is 0 Å². The van der Waals surface area contributed by atoms with Crippen LogP contribution >= 0.6 is 15.9 Å². The molecule has 1 atom stereocenters. The molecule has 0 aliphatic carbocycles. The van der Waals surface area contributed by atoms with E-state index < -0.39 is 5.60 Å². The topological polar surface area (TPSA) is 29.5 Å². The summed E-state index contributed by atoms with van der Waals surface area (Å²) in [5, 5.41) is 0. The van der Waals surface area contributed by atoms with Gasteiger partial charge in [-0.15, -0.1) is 0 Å². The summed E-state index contributed by atoms with van der Waals surface area (Å²) in [5.41, 5.74) is 0.113. The summed E-state index contributed by atoms with van der Waals surface area (Å²) in [6, 6.07) is 4.75. The fraction of sp³-hybridized carbons (Fsp3) is 0.562. The van der Waals surface area contributed by atoms with Crippen molar-refractivity contribution in [2.45, 2.75) is 51.8 Å². The SMILES string of the molecule is CC(C)(C)OC(=O)[C@H]1CCCN1Cc1ccc(Br)cc1F. The molecule has 116 valence electrons. The largest absolute Gasteiger partial charge is 0.459 e. The van der Waals surface area contributed by atoms with Gasteiger partial charge in [-0.05, 0) is 52.3 Å². The molecule has 0 spiro atoms. The molecule has 1 saturated heterocycles. The van der Waals surface area contributed by atoms with Crippen LogP contribution in [0.5, 0.6) is 0 Å². The number of rotatable bonds is 3. The maximum absolute atomic E-state index is 13.9. The van der Waals surface area contributed by atoms with Crippen molar-refractivity contribution >= 4 is 21.9 Å². The van der Waals surface area contributed by atoms with Crippen LogP contribution in [0.2, 0.25) is 0 Å². The maximum atomic E-state index is 13.9. The molecule has 0 saturated carbocycles. The number of esters is 1. The summed E-state index contributed by atoms with van der Waals surface area (Å²) in [6.45, 7) is 6.80. The number of likely N-dealkylation sites (tertiary alicyclic amines) is 1. The molecular weight excluding hydrogens is 337 g/mol. The summed E-state index contributed by atoms with van der Waals surface area (Å²) in [4.78, 5) is 14.2. The fourth-order valence-electron chi connectivity index (χ4n) is 2.52. The molecule has 1 heterocycles. The predicted molar refractivity (Wildman–Crippen MR) is 83.4 cm³/mol. The van der Waals surface area contributed by atoms with Gasteiger partial charge in [-0.1, -0.05) is 22.0 Å². The van der Waals surface area contributed by atoms with Crippen LogP contribution in [0.3, 0.4) is 0 Å². The molecule has 2 rings (SSSR count). The van der Waals surface area contributed by atoms with E-state index in [0.717, 1.165) is 19.4 Å². The summed E-state index contributed by atoms with van der Waals surface area (Å²) in [5.74, 6) is -0.461. The maximum Gasteiger partial charge on any atom is 0.323 e. The Hall–Kier alpha value is -0.940. The molecule has 0 N–H and O–H groups in total. The molecule has 3 nitrogen and oxygen atoms in total. The zero-order valence-electron chi connectivity index (χ0n) is 12.7. The van der Waals surface area contributed by atoms with Crippen molar-refractivity contribution in [3.05, 3.63) is 34.1 Å². The standard InChI is InChI=1S/C16H21BrFNO2/c1-16(2,3)21-15(20)14-5-4-8-19(14)10-11-6-7-12(17)9-13(11)18/h6-7,9,14H,4-5,8,10H2,1-3H3/t14-/m1/s1. The Morgan fingerprint density at radius 3 is 2.81 bits per heavy atom. The van der Waals surface area contributed by atoms with Crippen LogP contribution in [0.4, 0.5) is 4.39 Å². The number of benzene rings is 1. The number of ether oxygens (including phenoxy) is 1. The highest BCUT2D eigenvalue weighted by Crippen LogP contribution is 2.25. The molecule has 1 aromatic rings. The number of hydrogen-bond acceptors (Lipinski definition) is 3. The van der Waals surface area contributed by atoms with E-state index in [4.69, 9.17) is 4.74 Å². The van der Waals surface area contributed by atoms with Crippen LogP contribution < -0.4 is 0 Å². The fourth-order valence-corrected chi connectivity index (χ4v) is 2.85. The molecule has 0 amide bonds. The summed E-state index contributed by atoms with van der Waals surface area (Å²) >= 11 is 3.25. The Balaban J connectivity index is 2.06. The third-order valence-electron chi connectivity index (χ3n) is 3.43. The Bertz CT molecular complexity index is 527. The molecule has 1 aromatic carbocycles.